The maximum absolute atomic E-state index is 14.4. The lowest BCUT2D eigenvalue weighted by molar-refractivity contribution is 0.630. The zero-order chi connectivity index (χ0) is 33.1. The van der Waals surface area contributed by atoms with E-state index in [-0.39, 0.29) is 31.9 Å². The van der Waals surface area contributed by atoms with Gasteiger partial charge in [-0.1, -0.05) is 94.4 Å². The van der Waals surface area contributed by atoms with Gasteiger partial charge in [-0.25, -0.2) is 13.9 Å². The molecule has 0 bridgehead atoms. The number of aromatic amines is 1. The molecule has 0 spiro atoms. The average molecular weight is 717 g/mol. The van der Waals surface area contributed by atoms with Crippen molar-refractivity contribution in [3.05, 3.63) is 144 Å². The Bertz CT molecular complexity index is 2080. The maximum atomic E-state index is 14.4. The van der Waals surface area contributed by atoms with Crippen LogP contribution in [0.5, 0.6) is 0 Å². The Kier molecular flexibility index (Phi) is 10.4. The second-order valence-electron chi connectivity index (χ2n) is 9.92. The van der Waals surface area contributed by atoms with E-state index in [4.69, 9.17) is 58.0 Å². The summed E-state index contributed by atoms with van der Waals surface area (Å²) >= 11 is 30.4. The fourth-order valence-electron chi connectivity index (χ4n) is 4.92. The van der Waals surface area contributed by atoms with E-state index in [0.29, 0.717) is 43.7 Å². The first-order chi connectivity index (χ1) is 22.0. The molecule has 0 aliphatic rings. The van der Waals surface area contributed by atoms with Crippen molar-refractivity contribution >= 4 is 58.0 Å². The summed E-state index contributed by atoms with van der Waals surface area (Å²) in [6.45, 7) is 3.52. The van der Waals surface area contributed by atoms with Gasteiger partial charge in [0.1, 0.15) is 11.6 Å². The summed E-state index contributed by atoms with van der Waals surface area (Å²) in [5, 5.41) is 16.0. The van der Waals surface area contributed by atoms with Crippen LogP contribution in [0.25, 0.3) is 44.5 Å². The van der Waals surface area contributed by atoms with Gasteiger partial charge in [-0.05, 0) is 73.5 Å². The van der Waals surface area contributed by atoms with Crippen molar-refractivity contribution < 1.29 is 8.78 Å². The number of rotatable bonds is 4. The number of halogens is 7. The molecule has 0 aliphatic heterocycles. The molecule has 0 amide bonds. The van der Waals surface area contributed by atoms with Gasteiger partial charge in [0.15, 0.2) is 5.15 Å². The van der Waals surface area contributed by atoms with Crippen LogP contribution in [-0.2, 0) is 0 Å². The normalized spacial score (nSPS) is 10.8. The van der Waals surface area contributed by atoms with Crippen molar-refractivity contribution in [2.75, 3.05) is 0 Å². The third-order valence-corrected chi connectivity index (χ3v) is 8.36. The molecule has 0 fully saturated rings. The van der Waals surface area contributed by atoms with E-state index < -0.39 is 17.2 Å². The molecule has 6 aromatic rings. The first kappa shape index (κ1) is 33.5. The molecule has 46 heavy (non-hydrogen) atoms. The number of aryl methyl sites for hydroxylation is 2. The van der Waals surface area contributed by atoms with Crippen LogP contribution in [0.3, 0.4) is 0 Å². The zero-order valence-electron chi connectivity index (χ0n) is 24.0. The van der Waals surface area contributed by atoms with Gasteiger partial charge in [-0.2, -0.15) is 10.2 Å². The van der Waals surface area contributed by atoms with Crippen molar-refractivity contribution in [1.82, 2.24) is 20.4 Å². The summed E-state index contributed by atoms with van der Waals surface area (Å²) in [6, 6.07) is 22.8. The van der Waals surface area contributed by atoms with E-state index in [1.807, 2.05) is 12.1 Å². The van der Waals surface area contributed by atoms with E-state index in [2.05, 4.69) is 20.4 Å². The molecule has 0 saturated carbocycles. The molecule has 0 unspecified atom stereocenters. The molecule has 2 heterocycles. The lowest BCUT2D eigenvalue weighted by Crippen LogP contribution is -2.15. The molecular formula is C34H21Cl5F2N4O. The van der Waals surface area contributed by atoms with Crippen LogP contribution in [0.1, 0.15) is 11.4 Å². The van der Waals surface area contributed by atoms with Crippen molar-refractivity contribution in [3.63, 3.8) is 0 Å². The first-order valence-corrected chi connectivity index (χ1v) is 15.4. The van der Waals surface area contributed by atoms with Gasteiger partial charge >= 0.3 is 0 Å². The van der Waals surface area contributed by atoms with Gasteiger partial charge < -0.3 is 0 Å². The van der Waals surface area contributed by atoms with E-state index in [9.17, 15) is 13.6 Å². The molecule has 0 radical (unpaired) electrons. The van der Waals surface area contributed by atoms with Crippen molar-refractivity contribution in [2.24, 2.45) is 0 Å². The SMILES string of the molecule is Cc1n[nH]c(=O)c(-c2c(F)cccc2Cl)c1-c1ccc(Cl)cc1.Cc1nnc(Cl)c(-c2c(F)cccc2Cl)c1-c1ccc(Cl)cc1. The summed E-state index contributed by atoms with van der Waals surface area (Å²) in [6.07, 6.45) is 0. The summed E-state index contributed by atoms with van der Waals surface area (Å²) in [5.41, 5.74) is 4.23. The molecule has 6 rings (SSSR count). The van der Waals surface area contributed by atoms with Crippen molar-refractivity contribution in [2.45, 2.75) is 13.8 Å². The van der Waals surface area contributed by atoms with E-state index in [0.717, 1.165) is 5.56 Å². The minimum absolute atomic E-state index is 0.0610. The predicted octanol–water partition coefficient (Wildman–Crippen LogP) is 11.1. The Morgan fingerprint density at radius 3 is 1.48 bits per heavy atom. The molecule has 12 heteroatoms. The third-order valence-electron chi connectivity index (χ3n) is 6.96. The third kappa shape index (κ3) is 6.94. The number of hydrogen-bond donors (Lipinski definition) is 1. The van der Waals surface area contributed by atoms with Gasteiger partial charge in [0.25, 0.3) is 5.56 Å². The lowest BCUT2D eigenvalue weighted by Gasteiger charge is -2.15. The number of nitrogens with zero attached hydrogens (tertiary/aromatic N) is 3. The average Bonchev–Trinajstić information content (AvgIpc) is 3.02. The monoisotopic (exact) mass is 714 g/mol. The van der Waals surface area contributed by atoms with Gasteiger partial charge in [0.05, 0.1) is 27.0 Å². The van der Waals surface area contributed by atoms with E-state index in [1.54, 1.807) is 68.4 Å². The first-order valence-electron chi connectivity index (χ1n) is 13.5. The smallest absolute Gasteiger partial charge is 0.267 e. The van der Waals surface area contributed by atoms with Gasteiger partial charge in [-0.15, -0.1) is 5.10 Å². The Hall–Kier alpha value is -3.85. The molecule has 2 aromatic heterocycles. The van der Waals surface area contributed by atoms with Crippen LogP contribution < -0.4 is 5.56 Å². The molecule has 4 aromatic carbocycles. The Morgan fingerprint density at radius 1 is 0.543 bits per heavy atom. The number of nitrogens with one attached hydrogen (secondary N) is 1. The fraction of sp³-hybridized carbons (Fsp3) is 0.0588. The quantitative estimate of drug-likeness (QED) is 0.197. The van der Waals surface area contributed by atoms with E-state index in [1.165, 1.54) is 18.2 Å². The van der Waals surface area contributed by atoms with Gasteiger partial charge in [0, 0.05) is 37.9 Å². The summed E-state index contributed by atoms with van der Waals surface area (Å²) in [5.74, 6) is -1.04. The van der Waals surface area contributed by atoms with Crippen LogP contribution in [0, 0.1) is 25.5 Å². The van der Waals surface area contributed by atoms with Crippen LogP contribution in [0.15, 0.2) is 89.7 Å². The zero-order valence-corrected chi connectivity index (χ0v) is 27.8. The van der Waals surface area contributed by atoms with E-state index >= 15 is 0 Å². The summed E-state index contributed by atoms with van der Waals surface area (Å²) < 4.78 is 28.7. The Morgan fingerprint density at radius 2 is 1.00 bits per heavy atom. The number of H-pyrrole nitrogens is 1. The minimum Gasteiger partial charge on any atom is -0.267 e. The molecule has 232 valence electrons. The highest BCUT2D eigenvalue weighted by Gasteiger charge is 2.22. The van der Waals surface area contributed by atoms with Crippen LogP contribution in [0.2, 0.25) is 25.2 Å². The molecule has 5 nitrogen and oxygen atoms in total. The number of benzene rings is 4. The minimum atomic E-state index is -0.566. The maximum Gasteiger partial charge on any atom is 0.272 e. The molecule has 1 N–H and O–H groups in total. The molecule has 0 saturated heterocycles. The summed E-state index contributed by atoms with van der Waals surface area (Å²) in [7, 11) is 0. The van der Waals surface area contributed by atoms with Gasteiger partial charge in [0.2, 0.25) is 0 Å². The number of aromatic nitrogens is 4. The molecule has 0 atom stereocenters. The largest absolute Gasteiger partial charge is 0.272 e. The highest BCUT2D eigenvalue weighted by Crippen LogP contribution is 2.42. The predicted molar refractivity (Wildman–Crippen MR) is 183 cm³/mol. The summed E-state index contributed by atoms with van der Waals surface area (Å²) in [4.78, 5) is 12.4. The van der Waals surface area contributed by atoms with Crippen molar-refractivity contribution in [1.29, 1.82) is 0 Å². The fourth-order valence-corrected chi connectivity index (χ4v) is 5.92. The van der Waals surface area contributed by atoms with Crippen molar-refractivity contribution in [3.8, 4) is 44.5 Å². The van der Waals surface area contributed by atoms with Crippen LogP contribution >= 0.6 is 58.0 Å². The Labute approximate surface area is 287 Å². The second-order valence-corrected chi connectivity index (χ2v) is 12.0. The lowest BCUT2D eigenvalue weighted by atomic mass is 9.94. The Balaban J connectivity index is 0.000000181. The highest BCUT2D eigenvalue weighted by atomic mass is 35.5. The molecular weight excluding hydrogens is 696 g/mol. The topological polar surface area (TPSA) is 71.5 Å². The molecule has 0 aliphatic carbocycles. The number of hydrogen-bond acceptors (Lipinski definition) is 4. The highest BCUT2D eigenvalue weighted by molar-refractivity contribution is 6.36. The standard InChI is InChI=1S/C17H10Cl3FN2.C17H11Cl2FN2O/c1-9-14(10-5-7-11(18)8-6-10)16(17(20)23-22-9)15-12(19)3-2-4-13(15)21;1-9-14(10-5-7-11(18)8-6-10)16(17(23)22-21-9)15-12(19)3-2-4-13(15)20/h2-8H,1H3;2-8H,1H3,(H,22,23). The van der Waals surface area contributed by atoms with Gasteiger partial charge in [-0.3, -0.25) is 4.79 Å². The second kappa shape index (κ2) is 14.3. The van der Waals surface area contributed by atoms with Crippen LogP contribution in [-0.4, -0.2) is 20.4 Å². The van der Waals surface area contributed by atoms with Crippen LogP contribution in [0.4, 0.5) is 8.78 Å².